The molecule has 0 bridgehead atoms. The molecule has 1 aliphatic rings. The van der Waals surface area contributed by atoms with Crippen LogP contribution in [0.5, 0.6) is 0 Å². The molecule has 4 nitrogen and oxygen atoms in total. The number of ether oxygens (including phenoxy) is 1. The Morgan fingerprint density at radius 3 is 2.45 bits per heavy atom. The molecule has 0 aromatic heterocycles. The average Bonchev–Trinajstić information content (AvgIpc) is 2.49. The maximum Gasteiger partial charge on any atom is 0.159 e. The van der Waals surface area contributed by atoms with E-state index in [0.29, 0.717) is 0 Å². The molecule has 1 aromatic carbocycles. The van der Waals surface area contributed by atoms with E-state index >= 15 is 0 Å². The minimum atomic E-state index is 0.118. The second-order valence-electron chi connectivity index (χ2n) is 5.03. The zero-order valence-corrected chi connectivity index (χ0v) is 12.7. The molecule has 0 spiro atoms. The van der Waals surface area contributed by atoms with Gasteiger partial charge in [-0.15, -0.1) is 0 Å². The van der Waals surface area contributed by atoms with Crippen molar-refractivity contribution in [3.8, 4) is 0 Å². The van der Waals surface area contributed by atoms with Gasteiger partial charge in [0.05, 0.1) is 24.6 Å². The number of benzene rings is 1. The zero-order valence-electron chi connectivity index (χ0n) is 12.7. The van der Waals surface area contributed by atoms with E-state index < -0.39 is 0 Å². The summed E-state index contributed by atoms with van der Waals surface area (Å²) in [5.74, 6) is 0.118. The van der Waals surface area contributed by atoms with Gasteiger partial charge >= 0.3 is 0 Å². The van der Waals surface area contributed by atoms with Crippen LogP contribution in [0.25, 0.3) is 0 Å². The summed E-state index contributed by atoms with van der Waals surface area (Å²) < 4.78 is 5.43. The number of carbonyl (C=O) groups excluding carboxylic acids is 1. The molecular weight excluding hydrogens is 252 g/mol. The summed E-state index contributed by atoms with van der Waals surface area (Å²) in [6.45, 7) is 11.2. The molecule has 0 unspecified atom stereocenters. The quantitative estimate of drug-likeness (QED) is 0.774. The topological polar surface area (TPSA) is 32.8 Å². The normalized spacial score (nSPS) is 15.2. The van der Waals surface area contributed by atoms with E-state index in [1.54, 1.807) is 6.92 Å². The third kappa shape index (κ3) is 3.12. The molecule has 1 aromatic rings. The molecule has 0 N–H and O–H groups in total. The third-order valence-electron chi connectivity index (χ3n) is 3.84. The van der Waals surface area contributed by atoms with Crippen LogP contribution in [-0.4, -0.2) is 45.2 Å². The lowest BCUT2D eigenvalue weighted by atomic mass is 10.1. The van der Waals surface area contributed by atoms with Crippen LogP contribution in [0, 0.1) is 0 Å². The highest BCUT2D eigenvalue weighted by atomic mass is 16.5. The Morgan fingerprint density at radius 2 is 1.90 bits per heavy atom. The standard InChI is InChI=1S/C16H24N2O2/c1-4-17(5-2)16-12-14(13(3)19)6-7-15(16)18-8-10-20-11-9-18/h6-7,12H,4-5,8-11H2,1-3H3. The lowest BCUT2D eigenvalue weighted by Crippen LogP contribution is -2.37. The predicted octanol–water partition coefficient (Wildman–Crippen LogP) is 2.57. The van der Waals surface area contributed by atoms with Crippen LogP contribution < -0.4 is 9.80 Å². The number of hydrogen-bond acceptors (Lipinski definition) is 4. The summed E-state index contributed by atoms with van der Waals surface area (Å²) in [7, 11) is 0. The monoisotopic (exact) mass is 276 g/mol. The van der Waals surface area contributed by atoms with Crippen molar-refractivity contribution in [3.05, 3.63) is 23.8 Å². The maximum absolute atomic E-state index is 11.6. The van der Waals surface area contributed by atoms with Crippen molar-refractivity contribution in [2.75, 3.05) is 49.2 Å². The smallest absolute Gasteiger partial charge is 0.159 e. The van der Waals surface area contributed by atoms with Crippen molar-refractivity contribution in [2.45, 2.75) is 20.8 Å². The van der Waals surface area contributed by atoms with E-state index in [1.165, 1.54) is 5.69 Å². The third-order valence-corrected chi connectivity index (χ3v) is 3.84. The Labute approximate surface area is 121 Å². The Bertz CT molecular complexity index is 464. The van der Waals surface area contributed by atoms with Crippen molar-refractivity contribution in [1.82, 2.24) is 0 Å². The SMILES string of the molecule is CCN(CC)c1cc(C(C)=O)ccc1N1CCOCC1. The summed E-state index contributed by atoms with van der Waals surface area (Å²) >= 11 is 0. The summed E-state index contributed by atoms with van der Waals surface area (Å²) in [6.07, 6.45) is 0. The molecule has 0 radical (unpaired) electrons. The minimum Gasteiger partial charge on any atom is -0.378 e. The first-order valence-corrected chi connectivity index (χ1v) is 7.40. The number of ketones is 1. The van der Waals surface area contributed by atoms with E-state index in [-0.39, 0.29) is 5.78 Å². The number of rotatable bonds is 5. The van der Waals surface area contributed by atoms with Crippen LogP contribution in [0.1, 0.15) is 31.1 Å². The number of carbonyl (C=O) groups is 1. The van der Waals surface area contributed by atoms with Gasteiger partial charge in [-0.1, -0.05) is 0 Å². The van der Waals surface area contributed by atoms with Gasteiger partial charge in [0.2, 0.25) is 0 Å². The van der Waals surface area contributed by atoms with Gasteiger partial charge in [-0.25, -0.2) is 0 Å². The molecule has 1 heterocycles. The summed E-state index contributed by atoms with van der Waals surface area (Å²) in [5, 5.41) is 0. The molecule has 2 rings (SSSR count). The van der Waals surface area contributed by atoms with Crippen molar-refractivity contribution in [2.24, 2.45) is 0 Å². The average molecular weight is 276 g/mol. The van der Waals surface area contributed by atoms with Crippen molar-refractivity contribution < 1.29 is 9.53 Å². The number of Topliss-reactive ketones (excluding diaryl/α,β-unsaturated/α-hetero) is 1. The molecule has 0 aliphatic carbocycles. The molecule has 1 fully saturated rings. The van der Waals surface area contributed by atoms with E-state index in [0.717, 1.165) is 50.6 Å². The van der Waals surface area contributed by atoms with Crippen LogP contribution in [-0.2, 0) is 4.74 Å². The first-order valence-electron chi connectivity index (χ1n) is 7.40. The molecule has 0 saturated carbocycles. The molecule has 1 aliphatic heterocycles. The van der Waals surface area contributed by atoms with Crippen molar-refractivity contribution >= 4 is 17.2 Å². The summed E-state index contributed by atoms with van der Waals surface area (Å²) in [6, 6.07) is 6.04. The van der Waals surface area contributed by atoms with E-state index in [2.05, 4.69) is 29.7 Å². The van der Waals surface area contributed by atoms with Gasteiger partial charge in [-0.2, -0.15) is 0 Å². The van der Waals surface area contributed by atoms with Gasteiger partial charge in [0.15, 0.2) is 5.78 Å². The van der Waals surface area contributed by atoms with Gasteiger partial charge < -0.3 is 14.5 Å². The van der Waals surface area contributed by atoms with E-state index in [1.807, 2.05) is 12.1 Å². The van der Waals surface area contributed by atoms with E-state index in [4.69, 9.17) is 4.74 Å². The molecule has 0 atom stereocenters. The fraction of sp³-hybridized carbons (Fsp3) is 0.562. The Balaban J connectivity index is 2.40. The van der Waals surface area contributed by atoms with Gasteiger partial charge in [-0.3, -0.25) is 4.79 Å². The summed E-state index contributed by atoms with van der Waals surface area (Å²) in [5.41, 5.74) is 3.15. The van der Waals surface area contributed by atoms with Crippen LogP contribution >= 0.6 is 0 Å². The Kier molecular flexibility index (Phi) is 5.01. The fourth-order valence-corrected chi connectivity index (χ4v) is 2.63. The second-order valence-corrected chi connectivity index (χ2v) is 5.03. The highest BCUT2D eigenvalue weighted by molar-refractivity contribution is 5.96. The molecule has 0 amide bonds. The second kappa shape index (κ2) is 6.75. The van der Waals surface area contributed by atoms with Gasteiger partial charge in [-0.05, 0) is 39.0 Å². The predicted molar refractivity (Wildman–Crippen MR) is 83.0 cm³/mol. The van der Waals surface area contributed by atoms with Crippen molar-refractivity contribution in [1.29, 1.82) is 0 Å². The molecule has 20 heavy (non-hydrogen) atoms. The number of morpholine rings is 1. The Morgan fingerprint density at radius 1 is 1.25 bits per heavy atom. The van der Waals surface area contributed by atoms with E-state index in [9.17, 15) is 4.79 Å². The lowest BCUT2D eigenvalue weighted by molar-refractivity contribution is 0.101. The van der Waals surface area contributed by atoms with Crippen LogP contribution in [0.15, 0.2) is 18.2 Å². The lowest BCUT2D eigenvalue weighted by Gasteiger charge is -2.34. The minimum absolute atomic E-state index is 0.118. The fourth-order valence-electron chi connectivity index (χ4n) is 2.63. The van der Waals surface area contributed by atoms with Gasteiger partial charge in [0.25, 0.3) is 0 Å². The zero-order chi connectivity index (χ0) is 14.5. The van der Waals surface area contributed by atoms with Crippen LogP contribution in [0.3, 0.4) is 0 Å². The molecule has 110 valence electrons. The molecule has 1 saturated heterocycles. The van der Waals surface area contributed by atoms with Gasteiger partial charge in [0, 0.05) is 31.7 Å². The van der Waals surface area contributed by atoms with Crippen LogP contribution in [0.4, 0.5) is 11.4 Å². The Hall–Kier alpha value is -1.55. The largest absolute Gasteiger partial charge is 0.378 e. The van der Waals surface area contributed by atoms with Crippen molar-refractivity contribution in [3.63, 3.8) is 0 Å². The maximum atomic E-state index is 11.6. The summed E-state index contributed by atoms with van der Waals surface area (Å²) in [4.78, 5) is 16.3. The number of hydrogen-bond donors (Lipinski definition) is 0. The number of nitrogens with zero attached hydrogens (tertiary/aromatic N) is 2. The van der Waals surface area contributed by atoms with Gasteiger partial charge in [0.1, 0.15) is 0 Å². The molecular formula is C16H24N2O2. The first-order chi connectivity index (χ1) is 9.67. The highest BCUT2D eigenvalue weighted by Crippen LogP contribution is 2.31. The first kappa shape index (κ1) is 14.9. The molecule has 4 heteroatoms. The van der Waals surface area contributed by atoms with Crippen LogP contribution in [0.2, 0.25) is 0 Å². The highest BCUT2D eigenvalue weighted by Gasteiger charge is 2.18. The number of anilines is 2.